The van der Waals surface area contributed by atoms with Crippen molar-refractivity contribution >= 4 is 35.0 Å². The molecule has 0 unspecified atom stereocenters. The van der Waals surface area contributed by atoms with E-state index in [1.54, 1.807) is 4.90 Å². The third-order valence-electron chi connectivity index (χ3n) is 5.00. The molecule has 2 aromatic rings. The lowest BCUT2D eigenvalue weighted by atomic mass is 10.1. The molecule has 3 rings (SSSR count). The minimum Gasteiger partial charge on any atom is -0.481 e. The van der Waals surface area contributed by atoms with Crippen molar-refractivity contribution < 1.29 is 19.6 Å². The van der Waals surface area contributed by atoms with Gasteiger partial charge in [-0.1, -0.05) is 12.1 Å². The summed E-state index contributed by atoms with van der Waals surface area (Å²) in [5.41, 5.74) is 2.27. The van der Waals surface area contributed by atoms with Crippen molar-refractivity contribution in [2.45, 2.75) is 24.8 Å². The van der Waals surface area contributed by atoms with Crippen LogP contribution in [0.1, 0.15) is 22.8 Å². The molecule has 1 saturated heterocycles. The summed E-state index contributed by atoms with van der Waals surface area (Å²) in [6.07, 6.45) is 0. The number of amides is 1. The fourth-order valence-corrected chi connectivity index (χ4v) is 4.29. The Morgan fingerprint density at radius 2 is 2.00 bits per heavy atom. The third-order valence-corrected chi connectivity index (χ3v) is 6.05. The highest BCUT2D eigenvalue weighted by Gasteiger charge is 2.29. The summed E-state index contributed by atoms with van der Waals surface area (Å²) in [5.74, 6) is -1.61. The summed E-state index contributed by atoms with van der Waals surface area (Å²) in [6.45, 7) is 5.79. The zero-order valence-corrected chi connectivity index (χ0v) is 17.6. The molecular formula is C21H23N3O5S. The van der Waals surface area contributed by atoms with E-state index in [-0.39, 0.29) is 33.8 Å². The van der Waals surface area contributed by atoms with Gasteiger partial charge in [0, 0.05) is 43.0 Å². The van der Waals surface area contributed by atoms with Gasteiger partial charge in [0.05, 0.1) is 15.6 Å². The molecule has 2 aromatic carbocycles. The van der Waals surface area contributed by atoms with Crippen LogP contribution in [0, 0.1) is 17.0 Å². The standard InChI is InChI=1S/C21H23N3O5S/c1-14-4-3-5-17(10-14)23-9-8-22(12-15(23)2)21(27)16-6-7-19(30-13-20(25)26)18(11-16)24(28)29/h3-7,10-11,15H,8-9,12-13H2,1-2H3,(H,25,26)/t15-/m1/s1. The Morgan fingerprint density at radius 3 is 2.63 bits per heavy atom. The Labute approximate surface area is 178 Å². The normalized spacial score (nSPS) is 16.4. The van der Waals surface area contributed by atoms with Crippen LogP contribution in [0.25, 0.3) is 0 Å². The number of anilines is 1. The molecule has 1 aliphatic heterocycles. The summed E-state index contributed by atoms with van der Waals surface area (Å²) in [6, 6.07) is 12.5. The minimum absolute atomic E-state index is 0.102. The van der Waals surface area contributed by atoms with E-state index in [2.05, 4.69) is 24.0 Å². The maximum absolute atomic E-state index is 13.0. The number of carbonyl (C=O) groups is 2. The Kier molecular flexibility index (Phi) is 6.61. The average molecular weight is 429 g/mol. The molecule has 0 saturated carbocycles. The first-order valence-corrected chi connectivity index (χ1v) is 10.5. The summed E-state index contributed by atoms with van der Waals surface area (Å²) in [7, 11) is 0. The average Bonchev–Trinajstić information content (AvgIpc) is 2.71. The van der Waals surface area contributed by atoms with Crippen molar-refractivity contribution in [3.63, 3.8) is 0 Å². The predicted molar refractivity (Wildman–Crippen MR) is 115 cm³/mol. The molecule has 9 heteroatoms. The van der Waals surface area contributed by atoms with Crippen LogP contribution in [-0.2, 0) is 4.79 Å². The van der Waals surface area contributed by atoms with Crippen molar-refractivity contribution in [3.8, 4) is 0 Å². The molecule has 158 valence electrons. The summed E-state index contributed by atoms with van der Waals surface area (Å²) < 4.78 is 0. The van der Waals surface area contributed by atoms with Crippen molar-refractivity contribution in [3.05, 3.63) is 63.7 Å². The molecular weight excluding hydrogens is 406 g/mol. The second-order valence-corrected chi connectivity index (χ2v) is 8.27. The van der Waals surface area contributed by atoms with E-state index in [9.17, 15) is 19.7 Å². The molecule has 30 heavy (non-hydrogen) atoms. The van der Waals surface area contributed by atoms with Crippen molar-refractivity contribution in [1.29, 1.82) is 0 Å². The van der Waals surface area contributed by atoms with Crippen LogP contribution >= 0.6 is 11.8 Å². The first-order chi connectivity index (χ1) is 14.3. The number of benzene rings is 2. The fourth-order valence-electron chi connectivity index (χ4n) is 3.57. The zero-order chi connectivity index (χ0) is 21.8. The van der Waals surface area contributed by atoms with Gasteiger partial charge in [-0.3, -0.25) is 19.7 Å². The number of carboxylic acid groups (broad SMARTS) is 1. The van der Waals surface area contributed by atoms with Crippen molar-refractivity contribution in [2.75, 3.05) is 30.3 Å². The van der Waals surface area contributed by atoms with E-state index in [4.69, 9.17) is 5.11 Å². The second kappa shape index (κ2) is 9.17. The van der Waals surface area contributed by atoms with Gasteiger partial charge in [0.1, 0.15) is 0 Å². The van der Waals surface area contributed by atoms with Crippen LogP contribution in [-0.4, -0.2) is 58.2 Å². The van der Waals surface area contributed by atoms with E-state index in [0.29, 0.717) is 19.6 Å². The van der Waals surface area contributed by atoms with Gasteiger partial charge in [0.15, 0.2) is 0 Å². The molecule has 1 aliphatic rings. The molecule has 1 fully saturated rings. The highest BCUT2D eigenvalue weighted by atomic mass is 32.2. The van der Waals surface area contributed by atoms with E-state index in [0.717, 1.165) is 17.4 Å². The molecule has 1 N–H and O–H groups in total. The minimum atomic E-state index is -1.06. The quantitative estimate of drug-likeness (QED) is 0.426. The van der Waals surface area contributed by atoms with Crippen molar-refractivity contribution in [1.82, 2.24) is 4.90 Å². The zero-order valence-electron chi connectivity index (χ0n) is 16.8. The molecule has 0 spiro atoms. The maximum atomic E-state index is 13.0. The van der Waals surface area contributed by atoms with Gasteiger partial charge in [0.2, 0.25) is 0 Å². The van der Waals surface area contributed by atoms with E-state index < -0.39 is 10.9 Å². The summed E-state index contributed by atoms with van der Waals surface area (Å²) in [4.78, 5) is 38.8. The number of hydrogen-bond donors (Lipinski definition) is 1. The van der Waals surface area contributed by atoms with Crippen molar-refractivity contribution in [2.24, 2.45) is 0 Å². The topological polar surface area (TPSA) is 104 Å². The second-order valence-electron chi connectivity index (χ2n) is 7.25. The van der Waals surface area contributed by atoms with Crippen LogP contribution in [0.15, 0.2) is 47.4 Å². The fraction of sp³-hybridized carbons (Fsp3) is 0.333. The monoisotopic (exact) mass is 429 g/mol. The number of hydrogen-bond acceptors (Lipinski definition) is 6. The van der Waals surface area contributed by atoms with Gasteiger partial charge >= 0.3 is 5.97 Å². The summed E-state index contributed by atoms with van der Waals surface area (Å²) >= 11 is 0.866. The van der Waals surface area contributed by atoms with Crippen LogP contribution in [0.2, 0.25) is 0 Å². The number of aliphatic carboxylic acids is 1. The number of piperazine rings is 1. The number of nitro groups is 1. The summed E-state index contributed by atoms with van der Waals surface area (Å²) in [5, 5.41) is 20.2. The van der Waals surface area contributed by atoms with E-state index in [1.165, 1.54) is 23.8 Å². The Hall–Kier alpha value is -3.07. The molecule has 0 radical (unpaired) electrons. The van der Waals surface area contributed by atoms with Gasteiger partial charge in [-0.15, -0.1) is 11.8 Å². The lowest BCUT2D eigenvalue weighted by Crippen LogP contribution is -2.53. The number of carbonyl (C=O) groups excluding carboxylic acids is 1. The van der Waals surface area contributed by atoms with Gasteiger partial charge in [-0.2, -0.15) is 0 Å². The van der Waals surface area contributed by atoms with Crippen LogP contribution in [0.4, 0.5) is 11.4 Å². The first-order valence-electron chi connectivity index (χ1n) is 9.52. The van der Waals surface area contributed by atoms with Gasteiger partial charge in [0.25, 0.3) is 11.6 Å². The van der Waals surface area contributed by atoms with Crippen LogP contribution in [0.3, 0.4) is 0 Å². The highest BCUT2D eigenvalue weighted by molar-refractivity contribution is 8.00. The lowest BCUT2D eigenvalue weighted by Gasteiger charge is -2.41. The molecule has 0 aromatic heterocycles. The van der Waals surface area contributed by atoms with E-state index >= 15 is 0 Å². The molecule has 1 atom stereocenters. The molecule has 1 heterocycles. The third kappa shape index (κ3) is 4.91. The van der Waals surface area contributed by atoms with Crippen LogP contribution < -0.4 is 4.90 Å². The van der Waals surface area contributed by atoms with E-state index in [1.807, 2.05) is 19.1 Å². The number of aryl methyl sites for hydroxylation is 1. The smallest absolute Gasteiger partial charge is 0.313 e. The Bertz CT molecular complexity index is 981. The SMILES string of the molecule is Cc1cccc(N2CCN(C(=O)c3ccc(SCC(=O)O)c([N+](=O)[O-])c3)C[C@H]2C)c1. The molecule has 0 aliphatic carbocycles. The van der Waals surface area contributed by atoms with Gasteiger partial charge in [-0.25, -0.2) is 0 Å². The largest absolute Gasteiger partial charge is 0.481 e. The maximum Gasteiger partial charge on any atom is 0.313 e. The molecule has 0 bridgehead atoms. The first kappa shape index (κ1) is 21.6. The highest BCUT2D eigenvalue weighted by Crippen LogP contribution is 2.31. The molecule has 1 amide bonds. The number of nitrogens with zero attached hydrogens (tertiary/aromatic N) is 3. The lowest BCUT2D eigenvalue weighted by molar-refractivity contribution is -0.387. The number of nitro benzene ring substituents is 1. The van der Waals surface area contributed by atoms with Crippen LogP contribution in [0.5, 0.6) is 0 Å². The Balaban J connectivity index is 1.74. The number of thioether (sulfide) groups is 1. The van der Waals surface area contributed by atoms with Gasteiger partial charge in [-0.05, 0) is 43.7 Å². The van der Waals surface area contributed by atoms with Gasteiger partial charge < -0.3 is 14.9 Å². The number of carboxylic acids is 1. The number of rotatable bonds is 6. The Morgan fingerprint density at radius 1 is 1.23 bits per heavy atom. The molecule has 8 nitrogen and oxygen atoms in total. The predicted octanol–water partition coefficient (Wildman–Crippen LogP) is 3.43.